The summed E-state index contributed by atoms with van der Waals surface area (Å²) in [4.78, 5) is 34.7. The lowest BCUT2D eigenvalue weighted by Crippen LogP contribution is -2.40. The average Bonchev–Trinajstić information content (AvgIpc) is 3.45. The van der Waals surface area contributed by atoms with E-state index in [9.17, 15) is 9.59 Å². The number of carbonyl (C=O) groups excluding carboxylic acids is 1. The highest BCUT2D eigenvalue weighted by Gasteiger charge is 2.24. The van der Waals surface area contributed by atoms with Crippen LogP contribution in [0.15, 0.2) is 45.6 Å². The molecule has 0 unspecified atom stereocenters. The topological polar surface area (TPSA) is 90.0 Å². The number of amides is 1. The van der Waals surface area contributed by atoms with Crippen LogP contribution in [0, 0.1) is 0 Å². The number of halogens is 1. The number of anilines is 1. The molecular formula is C24H25ClN4O5S. The van der Waals surface area contributed by atoms with Crippen molar-refractivity contribution in [1.29, 1.82) is 0 Å². The number of nitrogens with zero attached hydrogens (tertiary/aromatic N) is 4. The number of para-hydroxylation sites is 2. The molecule has 1 aliphatic rings. The lowest BCUT2D eigenvalue weighted by molar-refractivity contribution is -0.119. The molecule has 4 aromatic rings. The van der Waals surface area contributed by atoms with Gasteiger partial charge in [-0.1, -0.05) is 35.1 Å². The van der Waals surface area contributed by atoms with Gasteiger partial charge in [-0.2, -0.15) is 0 Å². The van der Waals surface area contributed by atoms with Gasteiger partial charge in [-0.25, -0.2) is 9.78 Å². The Morgan fingerprint density at radius 2 is 2.03 bits per heavy atom. The fourth-order valence-electron chi connectivity index (χ4n) is 4.21. The van der Waals surface area contributed by atoms with Crippen molar-refractivity contribution in [2.45, 2.75) is 13.0 Å². The van der Waals surface area contributed by atoms with Crippen molar-refractivity contribution in [3.8, 4) is 5.75 Å². The second-order valence-electron chi connectivity index (χ2n) is 8.20. The zero-order valence-corrected chi connectivity index (χ0v) is 20.8. The van der Waals surface area contributed by atoms with Crippen molar-refractivity contribution < 1.29 is 18.7 Å². The maximum atomic E-state index is 13.6. The summed E-state index contributed by atoms with van der Waals surface area (Å²) in [7, 11) is 1.57. The smallest absolute Gasteiger partial charge is 0.420 e. The summed E-state index contributed by atoms with van der Waals surface area (Å²) in [6.07, 6.45) is 0.744. The van der Waals surface area contributed by atoms with E-state index in [1.165, 1.54) is 15.9 Å². The molecule has 9 nitrogen and oxygen atoms in total. The molecule has 2 aromatic heterocycles. The van der Waals surface area contributed by atoms with Crippen molar-refractivity contribution in [3.05, 3.63) is 52.0 Å². The zero-order valence-electron chi connectivity index (χ0n) is 19.2. The van der Waals surface area contributed by atoms with Gasteiger partial charge in [0.15, 0.2) is 10.7 Å². The first kappa shape index (κ1) is 23.8. The van der Waals surface area contributed by atoms with Gasteiger partial charge in [-0.05, 0) is 30.7 Å². The van der Waals surface area contributed by atoms with Crippen LogP contribution in [0.3, 0.4) is 0 Å². The minimum absolute atomic E-state index is 0.159. The van der Waals surface area contributed by atoms with E-state index in [-0.39, 0.29) is 12.5 Å². The van der Waals surface area contributed by atoms with E-state index < -0.39 is 5.76 Å². The molecule has 1 fully saturated rings. The number of ether oxygens (including phenoxy) is 2. The lowest BCUT2D eigenvalue weighted by Gasteiger charge is -2.27. The molecule has 11 heteroatoms. The van der Waals surface area contributed by atoms with Crippen molar-refractivity contribution in [3.63, 3.8) is 0 Å². The Labute approximate surface area is 210 Å². The number of carbonyl (C=O) groups is 1. The highest BCUT2D eigenvalue weighted by Crippen LogP contribution is 2.38. The molecule has 184 valence electrons. The van der Waals surface area contributed by atoms with Crippen molar-refractivity contribution in [1.82, 2.24) is 14.5 Å². The van der Waals surface area contributed by atoms with Crippen LogP contribution in [0.2, 0.25) is 5.02 Å². The largest absolute Gasteiger partial charge is 0.494 e. The first-order chi connectivity index (χ1) is 17.0. The molecule has 0 bridgehead atoms. The van der Waals surface area contributed by atoms with E-state index in [2.05, 4.69) is 4.90 Å². The van der Waals surface area contributed by atoms with Gasteiger partial charge in [0.1, 0.15) is 17.8 Å². The van der Waals surface area contributed by atoms with Gasteiger partial charge in [-0.15, -0.1) is 0 Å². The molecule has 0 aliphatic carbocycles. The SMILES string of the molecule is COc1ccc(Cl)c2sc(N(CCCN3CCOCC3)C(=O)Cn3c(=O)oc4ccccc43)nc12. The van der Waals surface area contributed by atoms with Crippen molar-refractivity contribution in [2.24, 2.45) is 0 Å². The van der Waals surface area contributed by atoms with Crippen LogP contribution < -0.4 is 15.4 Å². The Bertz CT molecular complexity index is 1410. The van der Waals surface area contributed by atoms with Gasteiger partial charge in [0.2, 0.25) is 5.91 Å². The molecule has 0 spiro atoms. The monoisotopic (exact) mass is 516 g/mol. The van der Waals surface area contributed by atoms with Crippen LogP contribution in [0.4, 0.5) is 5.13 Å². The van der Waals surface area contributed by atoms with E-state index in [4.69, 9.17) is 30.5 Å². The number of rotatable bonds is 8. The third-order valence-corrected chi connectivity index (χ3v) is 7.56. The third-order valence-electron chi connectivity index (χ3n) is 6.03. The van der Waals surface area contributed by atoms with Crippen LogP contribution in [0.25, 0.3) is 21.3 Å². The van der Waals surface area contributed by atoms with Gasteiger partial charge >= 0.3 is 5.76 Å². The molecule has 5 rings (SSSR count). The number of oxazole rings is 1. The standard InChI is InChI=1S/C24H25ClN4O5S/c1-32-19-8-7-16(25)22-21(19)26-23(35-22)28(10-4-9-27-11-13-33-14-12-27)20(30)15-29-17-5-2-3-6-18(17)34-24(29)31/h2-3,5-8H,4,9-15H2,1H3. The maximum Gasteiger partial charge on any atom is 0.420 e. The number of morpholine rings is 1. The molecule has 0 radical (unpaired) electrons. The first-order valence-electron chi connectivity index (χ1n) is 11.4. The van der Waals surface area contributed by atoms with Crippen LogP contribution in [0.1, 0.15) is 6.42 Å². The molecule has 1 aliphatic heterocycles. The predicted molar refractivity (Wildman–Crippen MR) is 136 cm³/mol. The van der Waals surface area contributed by atoms with E-state index in [0.29, 0.717) is 39.1 Å². The Balaban J connectivity index is 1.45. The summed E-state index contributed by atoms with van der Waals surface area (Å²) < 4.78 is 18.3. The lowest BCUT2D eigenvalue weighted by atomic mass is 10.3. The summed E-state index contributed by atoms with van der Waals surface area (Å²) in [6, 6.07) is 10.6. The van der Waals surface area contributed by atoms with Gasteiger partial charge in [-0.3, -0.25) is 19.2 Å². The number of hydrogen-bond donors (Lipinski definition) is 0. The number of hydrogen-bond acceptors (Lipinski definition) is 8. The van der Waals surface area contributed by atoms with E-state index in [1.807, 2.05) is 0 Å². The summed E-state index contributed by atoms with van der Waals surface area (Å²) in [5.74, 6) is -0.235. The second-order valence-corrected chi connectivity index (χ2v) is 9.58. The van der Waals surface area contributed by atoms with Gasteiger partial charge in [0, 0.05) is 26.2 Å². The van der Waals surface area contributed by atoms with Gasteiger partial charge < -0.3 is 13.9 Å². The highest BCUT2D eigenvalue weighted by molar-refractivity contribution is 7.23. The second kappa shape index (κ2) is 10.4. The van der Waals surface area contributed by atoms with Crippen molar-refractivity contribution >= 4 is 55.3 Å². The average molecular weight is 517 g/mol. The summed E-state index contributed by atoms with van der Waals surface area (Å²) >= 11 is 7.76. The normalized spacial score (nSPS) is 14.6. The zero-order chi connectivity index (χ0) is 24.4. The Kier molecular flexibility index (Phi) is 7.05. The van der Waals surface area contributed by atoms with Crippen LogP contribution in [-0.4, -0.2) is 66.9 Å². The molecule has 0 saturated carbocycles. The molecular weight excluding hydrogens is 492 g/mol. The number of benzene rings is 2. The third kappa shape index (κ3) is 4.92. The Hall–Kier alpha value is -2.92. The minimum Gasteiger partial charge on any atom is -0.494 e. The number of methoxy groups -OCH3 is 1. The van der Waals surface area contributed by atoms with E-state index >= 15 is 0 Å². The fourth-order valence-corrected chi connectivity index (χ4v) is 5.51. The number of fused-ring (bicyclic) bond motifs is 2. The molecule has 1 saturated heterocycles. The van der Waals surface area contributed by atoms with Crippen molar-refractivity contribution in [2.75, 3.05) is 51.4 Å². The van der Waals surface area contributed by atoms with Crippen LogP contribution >= 0.6 is 22.9 Å². The minimum atomic E-state index is -0.568. The van der Waals surface area contributed by atoms with Crippen LogP contribution in [0.5, 0.6) is 5.75 Å². The highest BCUT2D eigenvalue weighted by atomic mass is 35.5. The van der Waals surface area contributed by atoms with Gasteiger partial charge in [0.05, 0.1) is 35.6 Å². The summed E-state index contributed by atoms with van der Waals surface area (Å²) in [5.41, 5.74) is 1.63. The molecule has 0 N–H and O–H groups in total. The fraction of sp³-hybridized carbons (Fsp3) is 0.375. The molecule has 0 atom stereocenters. The number of thiazole rings is 1. The molecule has 2 aromatic carbocycles. The molecule has 1 amide bonds. The van der Waals surface area contributed by atoms with E-state index in [1.54, 1.807) is 48.4 Å². The summed E-state index contributed by atoms with van der Waals surface area (Å²) in [6.45, 7) is 4.30. The van der Waals surface area contributed by atoms with Crippen LogP contribution in [-0.2, 0) is 16.1 Å². The summed E-state index contributed by atoms with van der Waals surface area (Å²) in [5, 5.41) is 1.06. The Morgan fingerprint density at radius 1 is 1.23 bits per heavy atom. The number of aromatic nitrogens is 2. The maximum absolute atomic E-state index is 13.6. The quantitative estimate of drug-likeness (QED) is 0.353. The molecule has 3 heterocycles. The molecule has 35 heavy (non-hydrogen) atoms. The predicted octanol–water partition coefficient (Wildman–Crippen LogP) is 3.62. The first-order valence-corrected chi connectivity index (χ1v) is 12.6. The Morgan fingerprint density at radius 3 is 2.83 bits per heavy atom. The van der Waals surface area contributed by atoms with Gasteiger partial charge in [0.25, 0.3) is 0 Å². The van der Waals surface area contributed by atoms with E-state index in [0.717, 1.165) is 44.0 Å².